The maximum Gasteiger partial charge on any atom is 0.251 e. The molecule has 0 spiro atoms. The smallest absolute Gasteiger partial charge is 0.251 e. The van der Waals surface area contributed by atoms with Crippen LogP contribution in [-0.4, -0.2) is 73.5 Å². The van der Waals surface area contributed by atoms with Crippen molar-refractivity contribution in [2.45, 2.75) is 64.3 Å². The number of nitrogens with one attached hydrogen (secondary N) is 1. The van der Waals surface area contributed by atoms with Gasteiger partial charge in [0.1, 0.15) is 0 Å². The minimum absolute atomic E-state index is 0.111. The van der Waals surface area contributed by atoms with Gasteiger partial charge in [-0.2, -0.15) is 4.31 Å². The normalized spacial score (nSPS) is 21.6. The van der Waals surface area contributed by atoms with E-state index >= 15 is 0 Å². The van der Waals surface area contributed by atoms with Crippen LogP contribution in [0.5, 0.6) is 0 Å². The molecule has 1 aliphatic carbocycles. The molecule has 1 heterocycles. The SMILES string of the molecule is CCCS(=O)(=O)N1CCN(C2(CNC(=O)c3c(C)cc(Cl)cc3C)CCC(F)(F)CC2)CC1. The van der Waals surface area contributed by atoms with Gasteiger partial charge in [-0.05, 0) is 56.4 Å². The van der Waals surface area contributed by atoms with Gasteiger partial charge in [0.15, 0.2) is 0 Å². The number of amides is 1. The van der Waals surface area contributed by atoms with E-state index in [0.717, 1.165) is 11.1 Å². The molecule has 1 aromatic carbocycles. The molecule has 33 heavy (non-hydrogen) atoms. The number of piperazine rings is 1. The fourth-order valence-corrected chi connectivity index (χ4v) is 6.94. The third-order valence-corrected chi connectivity index (χ3v) is 9.27. The summed E-state index contributed by atoms with van der Waals surface area (Å²) in [6.07, 6.45) is 0.574. The molecule has 0 bridgehead atoms. The summed E-state index contributed by atoms with van der Waals surface area (Å²) in [5.74, 6) is -2.84. The molecule has 2 fully saturated rings. The van der Waals surface area contributed by atoms with Crippen molar-refractivity contribution in [2.75, 3.05) is 38.5 Å². The second-order valence-electron chi connectivity index (χ2n) is 9.38. The van der Waals surface area contributed by atoms with Crippen LogP contribution in [0.25, 0.3) is 0 Å². The molecule has 3 rings (SSSR count). The molecule has 10 heteroatoms. The van der Waals surface area contributed by atoms with Crippen LogP contribution in [0.2, 0.25) is 5.02 Å². The summed E-state index contributed by atoms with van der Waals surface area (Å²) in [6.45, 7) is 7.31. The molecule has 186 valence electrons. The average Bonchev–Trinajstić information content (AvgIpc) is 2.73. The number of sulfonamides is 1. The Labute approximate surface area is 200 Å². The highest BCUT2D eigenvalue weighted by Gasteiger charge is 2.47. The van der Waals surface area contributed by atoms with Crippen molar-refractivity contribution in [2.24, 2.45) is 0 Å². The number of nitrogens with zero attached hydrogens (tertiary/aromatic N) is 2. The molecule has 1 aromatic rings. The summed E-state index contributed by atoms with van der Waals surface area (Å²) in [7, 11) is -3.29. The van der Waals surface area contributed by atoms with Crippen molar-refractivity contribution in [1.82, 2.24) is 14.5 Å². The lowest BCUT2D eigenvalue weighted by Crippen LogP contribution is -2.63. The lowest BCUT2D eigenvalue weighted by molar-refractivity contribution is -0.0856. The van der Waals surface area contributed by atoms with Crippen molar-refractivity contribution >= 4 is 27.5 Å². The van der Waals surface area contributed by atoms with Crippen LogP contribution in [0, 0.1) is 13.8 Å². The van der Waals surface area contributed by atoms with E-state index < -0.39 is 21.5 Å². The van der Waals surface area contributed by atoms with Gasteiger partial charge in [0.2, 0.25) is 15.9 Å². The molecule has 2 aliphatic rings. The highest BCUT2D eigenvalue weighted by Crippen LogP contribution is 2.42. The minimum Gasteiger partial charge on any atom is -0.350 e. The van der Waals surface area contributed by atoms with Crippen molar-refractivity contribution < 1.29 is 22.0 Å². The second-order valence-corrected chi connectivity index (χ2v) is 11.9. The Morgan fingerprint density at radius 2 is 1.61 bits per heavy atom. The largest absolute Gasteiger partial charge is 0.350 e. The van der Waals surface area contributed by atoms with E-state index in [9.17, 15) is 22.0 Å². The molecule has 0 unspecified atom stereocenters. The molecule has 1 saturated heterocycles. The molecular weight excluding hydrogens is 472 g/mol. The number of hydrogen-bond acceptors (Lipinski definition) is 4. The zero-order chi connectivity index (χ0) is 24.4. The van der Waals surface area contributed by atoms with Gasteiger partial charge < -0.3 is 5.32 Å². The Morgan fingerprint density at radius 1 is 1.06 bits per heavy atom. The predicted octanol–water partition coefficient (Wildman–Crippen LogP) is 3.99. The van der Waals surface area contributed by atoms with E-state index in [-0.39, 0.29) is 43.9 Å². The standard InChI is InChI=1S/C23H34ClF2N3O3S/c1-4-13-33(31,32)29-11-9-28(10-12-29)22(5-7-23(25,26)8-6-22)16-27-21(30)20-17(2)14-19(24)15-18(20)3/h14-15H,4-13,16H2,1-3H3,(H,27,30). The number of rotatable bonds is 7. The van der Waals surface area contributed by atoms with Crippen LogP contribution in [0.15, 0.2) is 12.1 Å². The van der Waals surface area contributed by atoms with E-state index in [1.807, 2.05) is 20.8 Å². The summed E-state index contributed by atoms with van der Waals surface area (Å²) >= 11 is 6.08. The zero-order valence-corrected chi connectivity index (χ0v) is 21.2. The van der Waals surface area contributed by atoms with E-state index in [4.69, 9.17) is 11.6 Å². The Hall–Kier alpha value is -1.29. The monoisotopic (exact) mass is 505 g/mol. The first kappa shape index (κ1) is 26.3. The summed E-state index contributed by atoms with van der Waals surface area (Å²) in [5, 5.41) is 3.56. The fourth-order valence-electron chi connectivity index (χ4n) is 5.12. The number of hydrogen-bond donors (Lipinski definition) is 1. The molecule has 0 radical (unpaired) electrons. The van der Waals surface area contributed by atoms with Crippen molar-refractivity contribution in [3.63, 3.8) is 0 Å². The molecule has 1 N–H and O–H groups in total. The van der Waals surface area contributed by atoms with Crippen LogP contribution in [0.1, 0.15) is 60.5 Å². The van der Waals surface area contributed by atoms with Crippen molar-refractivity contribution in [3.8, 4) is 0 Å². The Balaban J connectivity index is 1.75. The third-order valence-electron chi connectivity index (χ3n) is 6.98. The first-order valence-electron chi connectivity index (χ1n) is 11.5. The van der Waals surface area contributed by atoms with Gasteiger partial charge in [0.05, 0.1) is 5.75 Å². The number of benzene rings is 1. The molecule has 1 aliphatic heterocycles. The van der Waals surface area contributed by atoms with Gasteiger partial charge >= 0.3 is 0 Å². The maximum atomic E-state index is 14.0. The number of carbonyl (C=O) groups excluding carboxylic acids is 1. The van der Waals surface area contributed by atoms with Crippen molar-refractivity contribution in [1.29, 1.82) is 0 Å². The van der Waals surface area contributed by atoms with E-state index in [2.05, 4.69) is 10.2 Å². The predicted molar refractivity (Wildman–Crippen MR) is 127 cm³/mol. The second kappa shape index (κ2) is 10.1. The molecule has 6 nitrogen and oxygen atoms in total. The average molecular weight is 506 g/mol. The molecule has 0 atom stereocenters. The molecule has 1 amide bonds. The highest BCUT2D eigenvalue weighted by molar-refractivity contribution is 7.89. The Kier molecular flexibility index (Phi) is 8.08. The fraction of sp³-hybridized carbons (Fsp3) is 0.696. The van der Waals surface area contributed by atoms with Gasteiger partial charge in [-0.1, -0.05) is 18.5 Å². The van der Waals surface area contributed by atoms with Crippen LogP contribution in [0.4, 0.5) is 8.78 Å². The van der Waals surface area contributed by atoms with Crippen LogP contribution >= 0.6 is 11.6 Å². The first-order valence-corrected chi connectivity index (χ1v) is 13.5. The number of carbonyl (C=O) groups is 1. The van der Waals surface area contributed by atoms with Crippen LogP contribution < -0.4 is 5.32 Å². The van der Waals surface area contributed by atoms with Crippen LogP contribution in [-0.2, 0) is 10.0 Å². The van der Waals surface area contributed by atoms with Crippen molar-refractivity contribution in [3.05, 3.63) is 33.8 Å². The molecule has 1 saturated carbocycles. The molecular formula is C23H34ClF2N3O3S. The quantitative estimate of drug-likeness (QED) is 0.608. The van der Waals surface area contributed by atoms with Gasteiger partial charge in [-0.15, -0.1) is 0 Å². The van der Waals surface area contributed by atoms with E-state index in [1.165, 1.54) is 4.31 Å². The van der Waals surface area contributed by atoms with Gasteiger partial charge in [0, 0.05) is 61.7 Å². The summed E-state index contributed by atoms with van der Waals surface area (Å²) in [6, 6.07) is 3.47. The topological polar surface area (TPSA) is 69.7 Å². The Bertz CT molecular complexity index is 946. The zero-order valence-electron chi connectivity index (χ0n) is 19.6. The molecule has 0 aromatic heterocycles. The van der Waals surface area contributed by atoms with E-state index in [1.54, 1.807) is 12.1 Å². The number of alkyl halides is 2. The maximum absolute atomic E-state index is 14.0. The van der Waals surface area contributed by atoms with Gasteiger partial charge in [-0.25, -0.2) is 17.2 Å². The summed E-state index contributed by atoms with van der Waals surface area (Å²) < 4.78 is 54.4. The number of aryl methyl sites for hydroxylation is 2. The highest BCUT2D eigenvalue weighted by atomic mass is 35.5. The minimum atomic E-state index is -3.29. The number of halogens is 3. The lowest BCUT2D eigenvalue weighted by Gasteiger charge is -2.50. The summed E-state index contributed by atoms with van der Waals surface area (Å²) in [4.78, 5) is 15.2. The van der Waals surface area contributed by atoms with Gasteiger partial charge in [-0.3, -0.25) is 9.69 Å². The summed E-state index contributed by atoms with van der Waals surface area (Å²) in [5.41, 5.74) is 1.45. The van der Waals surface area contributed by atoms with Crippen LogP contribution in [0.3, 0.4) is 0 Å². The van der Waals surface area contributed by atoms with Gasteiger partial charge in [0.25, 0.3) is 5.91 Å². The van der Waals surface area contributed by atoms with E-state index in [0.29, 0.717) is 43.2 Å². The third kappa shape index (κ3) is 6.05. The Morgan fingerprint density at radius 3 is 2.12 bits per heavy atom. The first-order chi connectivity index (χ1) is 15.4. The lowest BCUT2D eigenvalue weighted by atomic mass is 9.78.